The van der Waals surface area contributed by atoms with Crippen molar-refractivity contribution in [3.8, 4) is 0 Å². The first-order valence-electron chi connectivity index (χ1n) is 6.72. The van der Waals surface area contributed by atoms with Gasteiger partial charge in [0, 0.05) is 12.5 Å². The van der Waals surface area contributed by atoms with Gasteiger partial charge in [-0.3, -0.25) is 4.79 Å². The fourth-order valence-corrected chi connectivity index (χ4v) is 1.80. The summed E-state index contributed by atoms with van der Waals surface area (Å²) in [5.74, 6) is 0.170. The minimum absolute atomic E-state index is 0.0719. The molecular formula is C15H24N2O2. The third-order valence-electron chi connectivity index (χ3n) is 3.19. The SMILES string of the molecule is CC(C)C(N)CC(=O)NC(CO)Cc1ccccc1. The second-order valence-electron chi connectivity index (χ2n) is 5.25. The zero-order chi connectivity index (χ0) is 14.3. The van der Waals surface area contributed by atoms with Gasteiger partial charge in [-0.15, -0.1) is 0 Å². The fraction of sp³-hybridized carbons (Fsp3) is 0.533. The van der Waals surface area contributed by atoms with Crippen LogP contribution in [0.15, 0.2) is 30.3 Å². The van der Waals surface area contributed by atoms with Gasteiger partial charge in [0.2, 0.25) is 5.91 Å². The molecule has 19 heavy (non-hydrogen) atoms. The highest BCUT2D eigenvalue weighted by Crippen LogP contribution is 2.05. The molecule has 2 atom stereocenters. The molecule has 1 amide bonds. The van der Waals surface area contributed by atoms with Crippen LogP contribution in [0.5, 0.6) is 0 Å². The molecule has 2 unspecified atom stereocenters. The van der Waals surface area contributed by atoms with E-state index in [0.717, 1.165) is 5.56 Å². The summed E-state index contributed by atoms with van der Waals surface area (Å²) in [7, 11) is 0. The Morgan fingerprint density at radius 1 is 1.32 bits per heavy atom. The average molecular weight is 264 g/mol. The van der Waals surface area contributed by atoms with Crippen molar-refractivity contribution in [1.82, 2.24) is 5.32 Å². The van der Waals surface area contributed by atoms with Gasteiger partial charge < -0.3 is 16.2 Å². The molecule has 1 rings (SSSR count). The van der Waals surface area contributed by atoms with E-state index in [1.54, 1.807) is 0 Å². The van der Waals surface area contributed by atoms with Crippen LogP contribution in [0, 0.1) is 5.92 Å². The minimum Gasteiger partial charge on any atom is -0.394 e. The largest absolute Gasteiger partial charge is 0.394 e. The molecule has 0 saturated heterocycles. The lowest BCUT2D eigenvalue weighted by Crippen LogP contribution is -2.42. The summed E-state index contributed by atoms with van der Waals surface area (Å²) >= 11 is 0. The monoisotopic (exact) mass is 264 g/mol. The number of rotatable bonds is 7. The van der Waals surface area contributed by atoms with Crippen LogP contribution in [0.2, 0.25) is 0 Å². The Balaban J connectivity index is 2.46. The van der Waals surface area contributed by atoms with E-state index in [9.17, 15) is 9.90 Å². The Hall–Kier alpha value is -1.39. The van der Waals surface area contributed by atoms with Crippen LogP contribution in [0.4, 0.5) is 0 Å². The highest BCUT2D eigenvalue weighted by atomic mass is 16.3. The molecule has 0 aromatic heterocycles. The molecule has 106 valence electrons. The molecule has 0 aliphatic rings. The van der Waals surface area contributed by atoms with Crippen molar-refractivity contribution >= 4 is 5.91 Å². The lowest BCUT2D eigenvalue weighted by molar-refractivity contribution is -0.122. The van der Waals surface area contributed by atoms with Gasteiger partial charge in [0.1, 0.15) is 0 Å². The van der Waals surface area contributed by atoms with Gasteiger partial charge in [0.25, 0.3) is 0 Å². The summed E-state index contributed by atoms with van der Waals surface area (Å²) in [6, 6.07) is 9.40. The molecule has 0 heterocycles. The van der Waals surface area contributed by atoms with Gasteiger partial charge in [0.15, 0.2) is 0 Å². The van der Waals surface area contributed by atoms with Gasteiger partial charge in [-0.1, -0.05) is 44.2 Å². The Kier molecular flexibility index (Phi) is 6.53. The number of nitrogens with two attached hydrogens (primary N) is 1. The molecule has 0 aliphatic heterocycles. The van der Waals surface area contributed by atoms with Crippen LogP contribution in [-0.2, 0) is 11.2 Å². The minimum atomic E-state index is -0.255. The highest BCUT2D eigenvalue weighted by Gasteiger charge is 2.16. The lowest BCUT2D eigenvalue weighted by Gasteiger charge is -2.19. The predicted molar refractivity (Wildman–Crippen MR) is 76.6 cm³/mol. The van der Waals surface area contributed by atoms with E-state index >= 15 is 0 Å². The van der Waals surface area contributed by atoms with E-state index in [2.05, 4.69) is 5.32 Å². The summed E-state index contributed by atoms with van der Waals surface area (Å²) in [5, 5.41) is 12.2. The van der Waals surface area contributed by atoms with Gasteiger partial charge in [-0.05, 0) is 17.9 Å². The van der Waals surface area contributed by atoms with Crippen molar-refractivity contribution in [1.29, 1.82) is 0 Å². The summed E-state index contributed by atoms with van der Waals surface area (Å²) in [6.45, 7) is 3.91. The van der Waals surface area contributed by atoms with E-state index in [0.29, 0.717) is 12.8 Å². The zero-order valence-electron chi connectivity index (χ0n) is 11.7. The number of carbonyl (C=O) groups is 1. The number of nitrogens with one attached hydrogen (secondary N) is 1. The summed E-state index contributed by atoms with van der Waals surface area (Å²) in [6.07, 6.45) is 0.920. The second-order valence-corrected chi connectivity index (χ2v) is 5.25. The first-order valence-corrected chi connectivity index (χ1v) is 6.72. The zero-order valence-corrected chi connectivity index (χ0v) is 11.7. The van der Waals surface area contributed by atoms with E-state index < -0.39 is 0 Å². The Morgan fingerprint density at radius 3 is 2.47 bits per heavy atom. The summed E-state index contributed by atoms with van der Waals surface area (Å²) in [5.41, 5.74) is 6.96. The molecule has 0 fully saturated rings. The number of aliphatic hydroxyl groups excluding tert-OH is 1. The summed E-state index contributed by atoms with van der Waals surface area (Å²) in [4.78, 5) is 11.8. The number of carbonyl (C=O) groups excluding carboxylic acids is 1. The number of amides is 1. The molecule has 0 radical (unpaired) electrons. The first-order chi connectivity index (χ1) is 9.02. The molecule has 4 heteroatoms. The topological polar surface area (TPSA) is 75.4 Å². The quantitative estimate of drug-likeness (QED) is 0.690. The Labute approximate surface area is 115 Å². The molecule has 0 saturated carbocycles. The standard InChI is InChI=1S/C15H24N2O2/c1-11(2)14(16)9-15(19)17-13(10-18)8-12-6-4-3-5-7-12/h3-7,11,13-14,18H,8-10,16H2,1-2H3,(H,17,19). The smallest absolute Gasteiger partial charge is 0.221 e. The molecular weight excluding hydrogens is 240 g/mol. The third-order valence-corrected chi connectivity index (χ3v) is 3.19. The van der Waals surface area contributed by atoms with Crippen molar-refractivity contribution < 1.29 is 9.90 Å². The number of benzene rings is 1. The second kappa shape index (κ2) is 7.92. The van der Waals surface area contributed by atoms with Crippen molar-refractivity contribution in [3.63, 3.8) is 0 Å². The molecule has 1 aromatic rings. The van der Waals surface area contributed by atoms with E-state index in [4.69, 9.17) is 5.73 Å². The van der Waals surface area contributed by atoms with Gasteiger partial charge >= 0.3 is 0 Å². The molecule has 4 N–H and O–H groups in total. The van der Waals surface area contributed by atoms with Crippen molar-refractivity contribution in [2.45, 2.75) is 38.8 Å². The van der Waals surface area contributed by atoms with E-state index in [-0.39, 0.29) is 30.5 Å². The van der Waals surface area contributed by atoms with E-state index in [1.807, 2.05) is 44.2 Å². The maximum absolute atomic E-state index is 11.8. The molecule has 1 aromatic carbocycles. The van der Waals surface area contributed by atoms with Crippen molar-refractivity contribution in [2.75, 3.05) is 6.61 Å². The fourth-order valence-electron chi connectivity index (χ4n) is 1.80. The van der Waals surface area contributed by atoms with Crippen LogP contribution < -0.4 is 11.1 Å². The number of hydrogen-bond acceptors (Lipinski definition) is 3. The number of aliphatic hydroxyl groups is 1. The van der Waals surface area contributed by atoms with Gasteiger partial charge in [-0.25, -0.2) is 0 Å². The van der Waals surface area contributed by atoms with E-state index in [1.165, 1.54) is 0 Å². The van der Waals surface area contributed by atoms with Crippen LogP contribution in [-0.4, -0.2) is 29.7 Å². The maximum Gasteiger partial charge on any atom is 0.221 e. The van der Waals surface area contributed by atoms with Gasteiger partial charge in [-0.2, -0.15) is 0 Å². The van der Waals surface area contributed by atoms with Crippen LogP contribution in [0.25, 0.3) is 0 Å². The van der Waals surface area contributed by atoms with Gasteiger partial charge in [0.05, 0.1) is 12.6 Å². The third kappa shape index (κ3) is 5.85. The molecule has 0 spiro atoms. The number of hydrogen-bond donors (Lipinski definition) is 3. The van der Waals surface area contributed by atoms with Crippen molar-refractivity contribution in [3.05, 3.63) is 35.9 Å². The Morgan fingerprint density at radius 2 is 1.95 bits per heavy atom. The Bertz CT molecular complexity index is 379. The maximum atomic E-state index is 11.8. The molecule has 0 aliphatic carbocycles. The highest BCUT2D eigenvalue weighted by molar-refractivity contribution is 5.76. The van der Waals surface area contributed by atoms with Crippen LogP contribution in [0.3, 0.4) is 0 Å². The van der Waals surface area contributed by atoms with Crippen LogP contribution in [0.1, 0.15) is 25.8 Å². The summed E-state index contributed by atoms with van der Waals surface area (Å²) < 4.78 is 0. The predicted octanol–water partition coefficient (Wildman–Crippen LogP) is 1.08. The first kappa shape index (κ1) is 15.7. The average Bonchev–Trinajstić information content (AvgIpc) is 2.38. The molecule has 0 bridgehead atoms. The molecule has 4 nitrogen and oxygen atoms in total. The van der Waals surface area contributed by atoms with Crippen LogP contribution >= 0.6 is 0 Å². The normalized spacial score (nSPS) is 14.2. The van der Waals surface area contributed by atoms with Crippen molar-refractivity contribution in [2.24, 2.45) is 11.7 Å². The lowest BCUT2D eigenvalue weighted by atomic mass is 10.0.